The highest BCUT2D eigenvalue weighted by Gasteiger charge is 2.42. The van der Waals surface area contributed by atoms with Gasteiger partial charge in [0.05, 0.1) is 118 Å². The average molecular weight is 1030 g/mol. The molecule has 0 aromatic heterocycles. The minimum atomic E-state index is -0.540. The van der Waals surface area contributed by atoms with Crippen molar-refractivity contribution in [1.82, 2.24) is 0 Å². The zero-order chi connectivity index (χ0) is 49.9. The number of nitrogens with zero attached hydrogens (tertiary/aromatic N) is 2. The van der Waals surface area contributed by atoms with Crippen LogP contribution in [0.5, 0.6) is 57.5 Å². The predicted molar refractivity (Wildman–Crippen MR) is 262 cm³/mol. The van der Waals surface area contributed by atoms with Crippen molar-refractivity contribution in [1.29, 1.82) is 0 Å². The third-order valence-corrected chi connectivity index (χ3v) is 14.2. The molecule has 0 aliphatic carbocycles. The summed E-state index contributed by atoms with van der Waals surface area (Å²) in [6.45, 7) is 3.39. The van der Waals surface area contributed by atoms with Crippen LogP contribution in [0.3, 0.4) is 0 Å². The fraction of sp³-hybridized carbons (Fsp3) is 0.481. The fourth-order valence-corrected chi connectivity index (χ4v) is 10.3. The van der Waals surface area contributed by atoms with Crippen molar-refractivity contribution < 1.29 is 95.5 Å². The first-order valence-corrected chi connectivity index (χ1v) is 23.4. The molecule has 6 rings (SSSR count). The van der Waals surface area contributed by atoms with Crippen LogP contribution in [0.25, 0.3) is 0 Å². The maximum Gasteiger partial charge on any atom is 0.330 e. The molecule has 0 saturated carbocycles. The van der Waals surface area contributed by atoms with E-state index in [0.717, 1.165) is 50.1 Å². The second-order valence-electron chi connectivity index (χ2n) is 18.1. The molecule has 15 nitrogen and oxygen atoms in total. The van der Waals surface area contributed by atoms with E-state index < -0.39 is 5.97 Å². The number of halogens is 2. The van der Waals surface area contributed by atoms with Gasteiger partial charge in [-0.25, -0.2) is 4.79 Å². The van der Waals surface area contributed by atoms with E-state index in [1.165, 1.54) is 34.4 Å². The lowest BCUT2D eigenvalue weighted by Gasteiger charge is -2.46. The van der Waals surface area contributed by atoms with Crippen molar-refractivity contribution in [2.75, 3.05) is 118 Å². The fourth-order valence-electron chi connectivity index (χ4n) is 10.3. The number of allylic oxidation sites excluding steroid dienone is 1. The van der Waals surface area contributed by atoms with Crippen LogP contribution in [-0.4, -0.2) is 139 Å². The molecule has 71 heavy (non-hydrogen) atoms. The van der Waals surface area contributed by atoms with Gasteiger partial charge >= 0.3 is 5.97 Å². The van der Waals surface area contributed by atoms with Gasteiger partial charge in [-0.3, -0.25) is 4.79 Å². The van der Waals surface area contributed by atoms with Gasteiger partial charge in [0.15, 0.2) is 51.8 Å². The summed E-state index contributed by atoms with van der Waals surface area (Å²) in [5.41, 5.74) is 6.79. The average Bonchev–Trinajstić information content (AvgIpc) is 3.37. The number of ether oxygens (including phenoxy) is 11. The lowest BCUT2D eigenvalue weighted by atomic mass is 9.86. The van der Waals surface area contributed by atoms with E-state index in [2.05, 4.69) is 38.4 Å². The number of hydrogen-bond donors (Lipinski definition) is 0. The van der Waals surface area contributed by atoms with E-state index in [9.17, 15) is 9.59 Å². The Labute approximate surface area is 432 Å². The number of carbonyl (C=O) groups excluding carboxylic acids is 2. The molecule has 17 heteroatoms. The number of rotatable bonds is 24. The number of hydrogen-bond acceptors (Lipinski definition) is 13. The van der Waals surface area contributed by atoms with E-state index in [1.807, 2.05) is 24.3 Å². The highest BCUT2D eigenvalue weighted by atomic mass is 35.5. The summed E-state index contributed by atoms with van der Waals surface area (Å²) >= 11 is 0. The van der Waals surface area contributed by atoms with Crippen LogP contribution in [0.1, 0.15) is 64.7 Å². The molecule has 0 fully saturated rings. The lowest BCUT2D eigenvalue weighted by Crippen LogP contribution is -3.00. The molecule has 0 saturated heterocycles. The maximum atomic E-state index is 13.3. The minimum Gasteiger partial charge on any atom is -1.00 e. The molecule has 2 aliphatic heterocycles. The van der Waals surface area contributed by atoms with E-state index in [4.69, 9.17) is 52.1 Å². The highest BCUT2D eigenvalue weighted by molar-refractivity contribution is 5.95. The molecule has 4 aromatic carbocycles. The van der Waals surface area contributed by atoms with Crippen LogP contribution in [0.15, 0.2) is 60.7 Å². The molecule has 0 bridgehead atoms. The van der Waals surface area contributed by atoms with E-state index in [-0.39, 0.29) is 55.7 Å². The van der Waals surface area contributed by atoms with Gasteiger partial charge in [-0.2, -0.15) is 0 Å². The molecule has 390 valence electrons. The second kappa shape index (κ2) is 26.1. The Morgan fingerprint density at radius 1 is 0.493 bits per heavy atom. The number of benzene rings is 4. The first-order valence-electron chi connectivity index (χ1n) is 23.4. The standard InChI is InChI=1S/C54H72N2O13.2ClH/c1-55(22-18-37-31-44(59-3)46(61-5)33-40(37)42(55)25-35-27-48(63-7)53(67-11)49(28-35)64-8)20-13-15-39(57)16-17-52(58)69-24-14-21-56(2)23-19-38-32-45(60-4)47(62-6)34-41(38)43(56)26-36-29-50(65-9)54(68-12)51(30-36)66-10;;/h16-17,27-34,42-43H,13-15,18-26H2,1-12H3;2*1H/q+2;;/p-2/b17-16-;;/t42-,43-,55-,56-;;/m1../s1. The Hall–Kier alpha value is -5.74. The second-order valence-corrected chi connectivity index (χ2v) is 18.1. The Morgan fingerprint density at radius 3 is 1.23 bits per heavy atom. The highest BCUT2D eigenvalue weighted by Crippen LogP contribution is 2.47. The SMILES string of the molecule is COc1cc2c(cc1OC)[C@@H](Cc1cc(OC)c(OC)c(OC)c1)[N@+](C)(CCCOC(=O)/C=C\C(=O)CCC[N@+]1(C)CCc3cc(OC)c(OC)cc3[C@H]1Cc1cc(OC)c(OC)c(OC)c1)CC2.[Cl-].[Cl-]. The summed E-state index contributed by atoms with van der Waals surface area (Å²) < 4.78 is 64.0. The van der Waals surface area contributed by atoms with Gasteiger partial charge in [0.25, 0.3) is 0 Å². The van der Waals surface area contributed by atoms with Gasteiger partial charge in [0, 0.05) is 62.1 Å². The molecule has 2 aliphatic rings. The zero-order valence-electron chi connectivity index (χ0n) is 43.4. The number of esters is 1. The van der Waals surface area contributed by atoms with Crippen LogP contribution in [0.4, 0.5) is 0 Å². The number of methoxy groups -OCH3 is 10. The number of ketones is 1. The smallest absolute Gasteiger partial charge is 0.330 e. The van der Waals surface area contributed by atoms with Gasteiger partial charge in [-0.1, -0.05) is 0 Å². The molecule has 0 spiro atoms. The van der Waals surface area contributed by atoms with Crippen molar-refractivity contribution in [2.45, 2.75) is 57.0 Å². The van der Waals surface area contributed by atoms with E-state index in [1.54, 1.807) is 71.1 Å². The Kier molecular flexibility index (Phi) is 21.3. The normalized spacial score (nSPS) is 18.9. The maximum absolute atomic E-state index is 13.3. The van der Waals surface area contributed by atoms with Gasteiger partial charge in [0.2, 0.25) is 11.5 Å². The van der Waals surface area contributed by atoms with Crippen molar-refractivity contribution >= 4 is 11.8 Å². The Bertz CT molecular complexity index is 2430. The van der Waals surface area contributed by atoms with Gasteiger partial charge in [0.1, 0.15) is 12.1 Å². The number of quaternary nitrogens is 2. The third-order valence-electron chi connectivity index (χ3n) is 14.2. The Balaban J connectivity index is 0.00000548. The van der Waals surface area contributed by atoms with Gasteiger partial charge < -0.3 is 85.9 Å². The summed E-state index contributed by atoms with van der Waals surface area (Å²) in [4.78, 5) is 26.3. The molecule has 4 aromatic rings. The summed E-state index contributed by atoms with van der Waals surface area (Å²) in [5.74, 6) is 5.49. The van der Waals surface area contributed by atoms with Crippen LogP contribution in [0, 0.1) is 0 Å². The largest absolute Gasteiger partial charge is 1.00 e. The predicted octanol–water partition coefficient (Wildman–Crippen LogP) is 1.89. The summed E-state index contributed by atoms with van der Waals surface area (Å²) in [7, 11) is 20.7. The van der Waals surface area contributed by atoms with Crippen molar-refractivity contribution in [3.8, 4) is 57.5 Å². The van der Waals surface area contributed by atoms with E-state index in [0.29, 0.717) is 92.1 Å². The summed E-state index contributed by atoms with van der Waals surface area (Å²) in [6, 6.07) is 16.3. The first-order chi connectivity index (χ1) is 33.2. The molecule has 0 N–H and O–H groups in total. The molecule has 0 unspecified atom stereocenters. The zero-order valence-corrected chi connectivity index (χ0v) is 44.9. The monoisotopic (exact) mass is 1030 g/mol. The van der Waals surface area contributed by atoms with Crippen molar-refractivity contribution in [3.05, 3.63) is 94.1 Å². The minimum absolute atomic E-state index is 0. The number of likely N-dealkylation sites (N-methyl/N-ethyl adjacent to an activating group) is 2. The molecule has 2 heterocycles. The van der Waals surface area contributed by atoms with Crippen molar-refractivity contribution in [3.63, 3.8) is 0 Å². The quantitative estimate of drug-likeness (QED) is 0.0439. The van der Waals surface area contributed by atoms with Crippen LogP contribution >= 0.6 is 0 Å². The van der Waals surface area contributed by atoms with E-state index >= 15 is 0 Å². The molecule has 4 atom stereocenters. The molecule has 0 radical (unpaired) electrons. The van der Waals surface area contributed by atoms with Crippen LogP contribution in [0.2, 0.25) is 0 Å². The van der Waals surface area contributed by atoms with Crippen LogP contribution < -0.4 is 72.2 Å². The third kappa shape index (κ3) is 13.0. The van der Waals surface area contributed by atoms with Crippen molar-refractivity contribution in [2.24, 2.45) is 0 Å². The van der Waals surface area contributed by atoms with Gasteiger partial charge in [-0.05, 0) is 76.9 Å². The summed E-state index contributed by atoms with van der Waals surface area (Å²) in [6.07, 6.45) is 7.14. The number of carbonyl (C=O) groups is 2. The van der Waals surface area contributed by atoms with Crippen LogP contribution in [-0.2, 0) is 40.0 Å². The first kappa shape index (κ1) is 57.8. The number of fused-ring (bicyclic) bond motifs is 2. The van der Waals surface area contributed by atoms with Gasteiger partial charge in [-0.15, -0.1) is 0 Å². The summed E-state index contributed by atoms with van der Waals surface area (Å²) in [5, 5.41) is 0. The molecule has 0 amide bonds. The lowest BCUT2D eigenvalue weighted by molar-refractivity contribution is -0.941. The topological polar surface area (TPSA) is 136 Å². The molecular formula is C54H72Cl2N2O13. The Morgan fingerprint density at radius 2 is 0.859 bits per heavy atom. The molecular weight excluding hydrogens is 956 g/mol.